The maximum Gasteiger partial charge on any atom is 0.573 e. The number of anilines is 2. The molecule has 1 aliphatic rings. The normalized spacial score (nSPS) is 14.4. The number of ether oxygens (including phenoxy) is 1. The van der Waals surface area contributed by atoms with E-state index in [1.54, 1.807) is 62.9 Å². The first kappa shape index (κ1) is 35.2. The topological polar surface area (TPSA) is 154 Å². The summed E-state index contributed by atoms with van der Waals surface area (Å²) >= 11 is 0. The second kappa shape index (κ2) is 14.2. The van der Waals surface area contributed by atoms with Crippen LogP contribution in [0.5, 0.6) is 5.75 Å². The van der Waals surface area contributed by atoms with Crippen molar-refractivity contribution in [3.63, 3.8) is 0 Å². The van der Waals surface area contributed by atoms with Crippen LogP contribution in [0.3, 0.4) is 0 Å². The predicted molar refractivity (Wildman–Crippen MR) is 148 cm³/mol. The number of halogens is 6. The summed E-state index contributed by atoms with van der Waals surface area (Å²) in [5, 5.41) is 12.4. The van der Waals surface area contributed by atoms with E-state index in [-0.39, 0.29) is 24.5 Å². The molecular formula is C28H26F6N6O6. The zero-order valence-corrected chi connectivity index (χ0v) is 24.0. The largest absolute Gasteiger partial charge is 0.573 e. The van der Waals surface area contributed by atoms with Gasteiger partial charge in [-0.3, -0.25) is 19.6 Å². The van der Waals surface area contributed by atoms with E-state index >= 15 is 0 Å². The van der Waals surface area contributed by atoms with Gasteiger partial charge in [0, 0.05) is 37.9 Å². The molecule has 1 aliphatic heterocycles. The summed E-state index contributed by atoms with van der Waals surface area (Å²) in [6.45, 7) is 3.35. The van der Waals surface area contributed by atoms with E-state index in [1.165, 1.54) is 4.90 Å². The molecule has 3 aromatic rings. The molecule has 246 valence electrons. The number of rotatable bonds is 9. The highest BCUT2D eigenvalue weighted by Gasteiger charge is 2.52. The van der Waals surface area contributed by atoms with Crippen LogP contribution in [0.25, 0.3) is 0 Å². The standard InChI is InChI=1S/C26H25F3N6O4.C2HF3O2/c1-25(2)23(37)35(24(38)34(25)16-18-7-11-31-12-8-18)19-3-4-21(39-26(27,28)29)20(13-19)33-22(36)15-32-14-17-5-9-30-10-6-17;3-2(4,5)1(6)7/h3-13,32H,14-16H2,1-2H3,(H,33,36);(H,6,7). The summed E-state index contributed by atoms with van der Waals surface area (Å²) in [7, 11) is 0. The molecule has 0 spiro atoms. The van der Waals surface area contributed by atoms with Crippen molar-refractivity contribution in [2.45, 2.75) is 45.0 Å². The van der Waals surface area contributed by atoms with Crippen LogP contribution < -0.4 is 20.3 Å². The van der Waals surface area contributed by atoms with Crippen molar-refractivity contribution in [2.24, 2.45) is 0 Å². The number of carboxylic acid groups (broad SMARTS) is 1. The molecule has 2 aromatic heterocycles. The van der Waals surface area contributed by atoms with Crippen molar-refractivity contribution in [3.8, 4) is 5.75 Å². The van der Waals surface area contributed by atoms with E-state index in [0.717, 1.165) is 34.2 Å². The first-order chi connectivity index (χ1) is 21.4. The lowest BCUT2D eigenvalue weighted by atomic mass is 10.0. The number of carboxylic acids is 1. The van der Waals surface area contributed by atoms with E-state index in [9.17, 15) is 40.7 Å². The van der Waals surface area contributed by atoms with Gasteiger partial charge in [-0.15, -0.1) is 13.2 Å². The van der Waals surface area contributed by atoms with E-state index in [0.29, 0.717) is 6.54 Å². The van der Waals surface area contributed by atoms with Gasteiger partial charge in [0.15, 0.2) is 5.75 Å². The minimum Gasteiger partial charge on any atom is -0.475 e. The van der Waals surface area contributed by atoms with Gasteiger partial charge in [0.2, 0.25) is 5.91 Å². The van der Waals surface area contributed by atoms with Gasteiger partial charge >= 0.3 is 24.5 Å². The first-order valence-electron chi connectivity index (χ1n) is 13.0. The third kappa shape index (κ3) is 9.37. The van der Waals surface area contributed by atoms with Crippen molar-refractivity contribution >= 4 is 35.2 Å². The Kier molecular flexibility index (Phi) is 10.9. The van der Waals surface area contributed by atoms with E-state index in [4.69, 9.17) is 9.90 Å². The second-order valence-electron chi connectivity index (χ2n) is 9.96. The maximum absolute atomic E-state index is 13.4. The van der Waals surface area contributed by atoms with Crippen LogP contribution in [0.15, 0.2) is 67.3 Å². The third-order valence-corrected chi connectivity index (χ3v) is 6.24. The molecule has 0 saturated carbocycles. The molecule has 1 saturated heterocycles. The monoisotopic (exact) mass is 656 g/mol. The van der Waals surface area contributed by atoms with Crippen LogP contribution in [0.2, 0.25) is 0 Å². The smallest absolute Gasteiger partial charge is 0.475 e. The minimum absolute atomic E-state index is 0.0233. The van der Waals surface area contributed by atoms with Gasteiger partial charge in [0.05, 0.1) is 17.9 Å². The van der Waals surface area contributed by atoms with Crippen molar-refractivity contribution in [1.82, 2.24) is 20.2 Å². The third-order valence-electron chi connectivity index (χ3n) is 6.24. The van der Waals surface area contributed by atoms with Crippen LogP contribution in [-0.4, -0.2) is 68.4 Å². The molecule has 1 fully saturated rings. The first-order valence-corrected chi connectivity index (χ1v) is 13.0. The van der Waals surface area contributed by atoms with Gasteiger partial charge in [-0.1, -0.05) is 0 Å². The molecule has 4 rings (SSSR count). The van der Waals surface area contributed by atoms with Crippen LogP contribution in [0.1, 0.15) is 25.0 Å². The van der Waals surface area contributed by atoms with Crippen LogP contribution in [0.4, 0.5) is 42.5 Å². The number of benzene rings is 1. The molecule has 0 atom stereocenters. The molecular weight excluding hydrogens is 630 g/mol. The number of nitrogens with one attached hydrogen (secondary N) is 2. The molecule has 0 bridgehead atoms. The number of carbonyl (C=O) groups excluding carboxylic acids is 3. The summed E-state index contributed by atoms with van der Waals surface area (Å²) in [4.78, 5) is 58.2. The number of carbonyl (C=O) groups is 4. The van der Waals surface area contributed by atoms with Crippen molar-refractivity contribution in [2.75, 3.05) is 16.8 Å². The molecule has 3 N–H and O–H groups in total. The fraction of sp³-hybridized carbons (Fsp3) is 0.286. The highest BCUT2D eigenvalue weighted by atomic mass is 19.4. The lowest BCUT2D eigenvalue weighted by molar-refractivity contribution is -0.274. The molecule has 46 heavy (non-hydrogen) atoms. The van der Waals surface area contributed by atoms with Gasteiger partial charge in [-0.2, -0.15) is 13.2 Å². The van der Waals surface area contributed by atoms with Crippen LogP contribution in [-0.2, 0) is 27.5 Å². The molecule has 12 nitrogen and oxygen atoms in total. The zero-order valence-electron chi connectivity index (χ0n) is 24.0. The minimum atomic E-state index is -5.08. The number of imide groups is 1. The zero-order chi connectivity index (χ0) is 34.3. The molecule has 0 aliphatic carbocycles. The highest BCUT2D eigenvalue weighted by molar-refractivity contribution is 6.23. The molecule has 0 unspecified atom stereocenters. The number of hydrogen-bond acceptors (Lipinski definition) is 8. The summed E-state index contributed by atoms with van der Waals surface area (Å²) in [5.41, 5.74) is -0.0357. The van der Waals surface area contributed by atoms with Gasteiger partial charge in [-0.05, 0) is 67.4 Å². The summed E-state index contributed by atoms with van der Waals surface area (Å²) in [6, 6.07) is 9.43. The summed E-state index contributed by atoms with van der Waals surface area (Å²) in [6.07, 6.45) is -3.83. The molecule has 3 heterocycles. The quantitative estimate of drug-likeness (QED) is 0.223. The van der Waals surface area contributed by atoms with Crippen molar-refractivity contribution in [3.05, 3.63) is 78.4 Å². The van der Waals surface area contributed by atoms with Crippen molar-refractivity contribution < 1.29 is 55.4 Å². The van der Waals surface area contributed by atoms with Gasteiger partial charge < -0.3 is 25.4 Å². The number of alkyl halides is 6. The maximum atomic E-state index is 13.4. The van der Waals surface area contributed by atoms with E-state index in [1.807, 2.05) is 0 Å². The molecule has 4 amide bonds. The number of urea groups is 1. The Bertz CT molecular complexity index is 1550. The lowest BCUT2D eigenvalue weighted by Gasteiger charge is -2.27. The van der Waals surface area contributed by atoms with Crippen molar-refractivity contribution in [1.29, 1.82) is 0 Å². The van der Waals surface area contributed by atoms with Gasteiger partial charge in [-0.25, -0.2) is 14.5 Å². The predicted octanol–water partition coefficient (Wildman–Crippen LogP) is 4.48. The molecule has 1 aromatic carbocycles. The Balaban J connectivity index is 0.000000738. The van der Waals surface area contributed by atoms with Gasteiger partial charge in [0.25, 0.3) is 5.91 Å². The molecule has 0 radical (unpaired) electrons. The number of hydrogen-bond donors (Lipinski definition) is 3. The Morgan fingerprint density at radius 3 is 1.98 bits per heavy atom. The Morgan fingerprint density at radius 2 is 1.46 bits per heavy atom. The Labute approximate surface area is 257 Å². The highest BCUT2D eigenvalue weighted by Crippen LogP contribution is 2.38. The number of aliphatic carboxylic acids is 1. The number of pyridine rings is 2. The Hall–Kier alpha value is -5.26. The lowest BCUT2D eigenvalue weighted by Crippen LogP contribution is -2.43. The molecule has 18 heteroatoms. The average molecular weight is 657 g/mol. The summed E-state index contributed by atoms with van der Waals surface area (Å²) in [5.74, 6) is -4.69. The second-order valence-corrected chi connectivity index (χ2v) is 9.96. The average Bonchev–Trinajstić information content (AvgIpc) is 3.13. The van der Waals surface area contributed by atoms with Crippen LogP contribution in [0, 0.1) is 0 Å². The SMILES string of the molecule is CC1(C)C(=O)N(c2ccc(OC(F)(F)F)c(NC(=O)CNCc3ccncc3)c2)C(=O)N1Cc1ccncc1.O=C(O)C(F)(F)F. The van der Waals surface area contributed by atoms with Crippen LogP contribution >= 0.6 is 0 Å². The fourth-order valence-corrected chi connectivity index (χ4v) is 3.98. The summed E-state index contributed by atoms with van der Waals surface area (Å²) < 4.78 is 75.0. The van der Waals surface area contributed by atoms with E-state index < -0.39 is 47.6 Å². The number of amides is 4. The fourth-order valence-electron chi connectivity index (χ4n) is 3.98. The number of aromatic nitrogens is 2. The Morgan fingerprint density at radius 1 is 0.913 bits per heavy atom. The van der Waals surface area contributed by atoms with E-state index in [2.05, 4.69) is 25.3 Å². The number of nitrogens with zero attached hydrogens (tertiary/aromatic N) is 4. The van der Waals surface area contributed by atoms with Gasteiger partial charge in [0.1, 0.15) is 5.54 Å².